The van der Waals surface area contributed by atoms with Gasteiger partial charge in [-0.25, -0.2) is 4.98 Å². The van der Waals surface area contributed by atoms with Crippen molar-refractivity contribution in [2.45, 2.75) is 57.5 Å². The van der Waals surface area contributed by atoms with Crippen LogP contribution in [0.3, 0.4) is 0 Å². The van der Waals surface area contributed by atoms with E-state index in [-0.39, 0.29) is 5.56 Å². The topological polar surface area (TPSA) is 61.0 Å². The normalized spacial score (nSPS) is 22.8. The van der Waals surface area contributed by atoms with Gasteiger partial charge in [-0.15, -0.1) is 0 Å². The molecule has 0 bridgehead atoms. The van der Waals surface area contributed by atoms with Crippen LogP contribution in [0.2, 0.25) is 0 Å². The highest BCUT2D eigenvalue weighted by atomic mass is 16.1. The van der Waals surface area contributed by atoms with E-state index in [2.05, 4.69) is 20.2 Å². The number of H-pyrrole nitrogens is 1. The fourth-order valence-electron chi connectivity index (χ4n) is 2.94. The summed E-state index contributed by atoms with van der Waals surface area (Å²) in [5.41, 5.74) is -0.0332. The van der Waals surface area contributed by atoms with Crippen LogP contribution in [-0.2, 0) is 6.42 Å². The highest BCUT2D eigenvalue weighted by Gasteiger charge is 2.32. The van der Waals surface area contributed by atoms with E-state index in [0.717, 1.165) is 31.2 Å². The van der Waals surface area contributed by atoms with Crippen LogP contribution >= 0.6 is 0 Å². The third-order valence-electron chi connectivity index (χ3n) is 4.22. The van der Waals surface area contributed by atoms with Gasteiger partial charge in [-0.05, 0) is 32.2 Å². The van der Waals surface area contributed by atoms with Crippen molar-refractivity contribution in [3.05, 3.63) is 22.2 Å². The second-order valence-electron chi connectivity index (χ2n) is 5.93. The number of aryl methyl sites for hydroxylation is 1. The molecule has 2 heterocycles. The van der Waals surface area contributed by atoms with Crippen LogP contribution in [0.25, 0.3) is 0 Å². The van der Waals surface area contributed by atoms with Crippen molar-refractivity contribution >= 4 is 5.82 Å². The molecule has 3 rings (SSSR count). The Morgan fingerprint density at radius 2 is 2.20 bits per heavy atom. The molecule has 1 aromatic heterocycles. The molecule has 2 N–H and O–H groups in total. The Bertz CT molecular complexity index is 503. The molecule has 110 valence electrons. The molecule has 0 spiro atoms. The zero-order chi connectivity index (χ0) is 13.9. The number of hydrogen-bond donors (Lipinski definition) is 2. The molecule has 1 unspecified atom stereocenters. The first-order valence-corrected chi connectivity index (χ1v) is 7.86. The molecule has 0 radical (unpaired) electrons. The first kappa shape index (κ1) is 13.6. The second-order valence-corrected chi connectivity index (χ2v) is 5.93. The number of aromatic amines is 1. The number of nitrogens with zero attached hydrogens (tertiary/aromatic N) is 2. The van der Waals surface area contributed by atoms with Crippen molar-refractivity contribution < 1.29 is 0 Å². The van der Waals surface area contributed by atoms with Crippen molar-refractivity contribution in [1.29, 1.82) is 0 Å². The van der Waals surface area contributed by atoms with E-state index in [9.17, 15) is 4.79 Å². The van der Waals surface area contributed by atoms with Crippen LogP contribution < -0.4 is 15.8 Å². The number of anilines is 1. The van der Waals surface area contributed by atoms with Gasteiger partial charge in [-0.1, -0.05) is 13.3 Å². The van der Waals surface area contributed by atoms with Crippen LogP contribution in [0.4, 0.5) is 5.82 Å². The van der Waals surface area contributed by atoms with E-state index in [0.29, 0.717) is 12.1 Å². The molecular weight excluding hydrogens is 252 g/mol. The van der Waals surface area contributed by atoms with Gasteiger partial charge in [-0.2, -0.15) is 0 Å². The van der Waals surface area contributed by atoms with Gasteiger partial charge in [0.2, 0.25) is 0 Å². The molecule has 0 aromatic carbocycles. The van der Waals surface area contributed by atoms with Crippen molar-refractivity contribution in [2.24, 2.45) is 0 Å². The van der Waals surface area contributed by atoms with Crippen LogP contribution in [0, 0.1) is 0 Å². The molecule has 20 heavy (non-hydrogen) atoms. The Kier molecular flexibility index (Phi) is 4.05. The zero-order valence-corrected chi connectivity index (χ0v) is 12.2. The van der Waals surface area contributed by atoms with Gasteiger partial charge in [0.25, 0.3) is 5.56 Å². The van der Waals surface area contributed by atoms with E-state index in [1.807, 2.05) is 6.92 Å². The summed E-state index contributed by atoms with van der Waals surface area (Å²) < 4.78 is 0. The van der Waals surface area contributed by atoms with Crippen molar-refractivity contribution in [3.8, 4) is 0 Å². The van der Waals surface area contributed by atoms with Crippen molar-refractivity contribution in [2.75, 3.05) is 18.0 Å². The first-order valence-electron chi connectivity index (χ1n) is 7.86. The zero-order valence-electron chi connectivity index (χ0n) is 12.2. The summed E-state index contributed by atoms with van der Waals surface area (Å²) in [6.45, 7) is 4.11. The van der Waals surface area contributed by atoms with Gasteiger partial charge in [-0.3, -0.25) is 4.79 Å². The standard InChI is InChI=1S/C15H24N4O/c1-2-13-17-14(9-15(20)18-13)19(12-6-7-12)10-11-5-3-4-8-16-11/h9,11-12,16H,2-8,10H2,1H3,(H,17,18,20). The molecule has 2 aliphatic rings. The molecule has 1 aromatic rings. The summed E-state index contributed by atoms with van der Waals surface area (Å²) in [6, 6.07) is 2.77. The lowest BCUT2D eigenvalue weighted by atomic mass is 10.0. The average molecular weight is 276 g/mol. The highest BCUT2D eigenvalue weighted by molar-refractivity contribution is 5.41. The van der Waals surface area contributed by atoms with Gasteiger partial charge in [0.1, 0.15) is 11.6 Å². The van der Waals surface area contributed by atoms with Gasteiger partial charge >= 0.3 is 0 Å². The lowest BCUT2D eigenvalue weighted by Gasteiger charge is -2.31. The fraction of sp³-hybridized carbons (Fsp3) is 0.733. The van der Waals surface area contributed by atoms with Crippen LogP contribution in [-0.4, -0.2) is 35.1 Å². The summed E-state index contributed by atoms with van der Waals surface area (Å²) >= 11 is 0. The van der Waals surface area contributed by atoms with E-state index < -0.39 is 0 Å². The summed E-state index contributed by atoms with van der Waals surface area (Å²) in [5, 5.41) is 3.59. The van der Waals surface area contributed by atoms with E-state index in [1.54, 1.807) is 6.07 Å². The number of nitrogens with one attached hydrogen (secondary N) is 2. The maximum atomic E-state index is 11.8. The molecule has 1 aliphatic carbocycles. The van der Waals surface area contributed by atoms with Gasteiger partial charge in [0.05, 0.1) is 0 Å². The highest BCUT2D eigenvalue weighted by Crippen LogP contribution is 2.30. The van der Waals surface area contributed by atoms with Crippen LogP contribution in [0.1, 0.15) is 44.9 Å². The lowest BCUT2D eigenvalue weighted by molar-refractivity contribution is 0.397. The Morgan fingerprint density at radius 3 is 2.85 bits per heavy atom. The molecule has 5 heteroatoms. The quantitative estimate of drug-likeness (QED) is 0.854. The monoisotopic (exact) mass is 276 g/mol. The summed E-state index contributed by atoms with van der Waals surface area (Å²) in [4.78, 5) is 21.5. The van der Waals surface area contributed by atoms with E-state index >= 15 is 0 Å². The number of hydrogen-bond acceptors (Lipinski definition) is 4. The minimum Gasteiger partial charge on any atom is -0.352 e. The molecule has 1 saturated carbocycles. The third kappa shape index (κ3) is 3.20. The number of piperidine rings is 1. The predicted molar refractivity (Wildman–Crippen MR) is 80.2 cm³/mol. The van der Waals surface area contributed by atoms with E-state index in [4.69, 9.17) is 0 Å². The molecule has 1 aliphatic heterocycles. The summed E-state index contributed by atoms with van der Waals surface area (Å²) in [6.07, 6.45) is 7.03. The molecule has 5 nitrogen and oxygen atoms in total. The fourth-order valence-corrected chi connectivity index (χ4v) is 2.94. The third-order valence-corrected chi connectivity index (χ3v) is 4.22. The van der Waals surface area contributed by atoms with E-state index in [1.165, 1.54) is 32.1 Å². The average Bonchev–Trinajstić information content (AvgIpc) is 3.29. The van der Waals surface area contributed by atoms with Gasteiger partial charge < -0.3 is 15.2 Å². The molecule has 0 amide bonds. The predicted octanol–water partition coefficient (Wildman–Crippen LogP) is 1.44. The largest absolute Gasteiger partial charge is 0.352 e. The molecular formula is C15H24N4O. The molecule has 2 fully saturated rings. The molecule has 1 atom stereocenters. The van der Waals surface area contributed by atoms with Gasteiger partial charge in [0, 0.05) is 31.1 Å². The van der Waals surface area contributed by atoms with Crippen molar-refractivity contribution in [1.82, 2.24) is 15.3 Å². The molecule has 1 saturated heterocycles. The smallest absolute Gasteiger partial charge is 0.252 e. The Morgan fingerprint density at radius 1 is 1.35 bits per heavy atom. The van der Waals surface area contributed by atoms with Crippen molar-refractivity contribution in [3.63, 3.8) is 0 Å². The maximum Gasteiger partial charge on any atom is 0.252 e. The summed E-state index contributed by atoms with van der Waals surface area (Å²) in [5.74, 6) is 1.65. The first-order chi connectivity index (χ1) is 9.76. The SMILES string of the molecule is CCc1nc(N(CC2CCCCN2)C2CC2)cc(=O)[nH]1. The van der Waals surface area contributed by atoms with Gasteiger partial charge in [0.15, 0.2) is 0 Å². The van der Waals surface area contributed by atoms with Crippen LogP contribution in [0.5, 0.6) is 0 Å². The summed E-state index contributed by atoms with van der Waals surface area (Å²) in [7, 11) is 0. The lowest BCUT2D eigenvalue weighted by Crippen LogP contribution is -2.45. The number of rotatable bonds is 5. The van der Waals surface area contributed by atoms with Crippen LogP contribution in [0.15, 0.2) is 10.9 Å². The minimum absolute atomic E-state index is 0.0332. The Balaban J connectivity index is 1.79. The Labute approximate surface area is 119 Å². The maximum absolute atomic E-state index is 11.8. The second kappa shape index (κ2) is 5.95. The Hall–Kier alpha value is -1.36. The minimum atomic E-state index is -0.0332. The number of aromatic nitrogens is 2.